The molecule has 4 heterocycles. The van der Waals surface area contributed by atoms with Gasteiger partial charge in [0.25, 0.3) is 0 Å². The summed E-state index contributed by atoms with van der Waals surface area (Å²) >= 11 is 0. The zero-order valence-corrected chi connectivity index (χ0v) is 23.9. The van der Waals surface area contributed by atoms with E-state index in [2.05, 4.69) is 92.5 Å². The third kappa shape index (κ3) is 4.18. The van der Waals surface area contributed by atoms with E-state index in [1.54, 1.807) is 0 Å². The van der Waals surface area contributed by atoms with Crippen LogP contribution in [0.2, 0.25) is 0 Å². The second kappa shape index (κ2) is 10.1. The van der Waals surface area contributed by atoms with Crippen LogP contribution in [0.5, 0.6) is 0 Å². The molecule has 0 N–H and O–H groups in total. The van der Waals surface area contributed by atoms with Crippen molar-refractivity contribution >= 4 is 21.8 Å². The van der Waals surface area contributed by atoms with Crippen molar-refractivity contribution in [3.8, 4) is 33.9 Å². The van der Waals surface area contributed by atoms with Gasteiger partial charge in [0.05, 0.1) is 16.9 Å². The maximum absolute atomic E-state index is 4.64. The molecular weight excluding hydrogens is 659 g/mol. The summed E-state index contributed by atoms with van der Waals surface area (Å²) in [6, 6.07) is 28.7. The number of fused-ring (bicyclic) bond motifs is 3. The zero-order chi connectivity index (χ0) is 25.6. The van der Waals surface area contributed by atoms with Crippen molar-refractivity contribution < 1.29 is 20.1 Å². The molecule has 0 spiro atoms. The molecule has 0 aliphatic heterocycles. The molecule has 0 atom stereocenters. The van der Waals surface area contributed by atoms with Crippen molar-refractivity contribution in [2.24, 2.45) is 0 Å². The molecule has 0 saturated heterocycles. The van der Waals surface area contributed by atoms with Gasteiger partial charge in [-0.15, -0.1) is 35.9 Å². The number of hydrogen-bond donors (Lipinski definition) is 0. The van der Waals surface area contributed by atoms with Gasteiger partial charge in [0, 0.05) is 79.4 Å². The third-order valence-electron chi connectivity index (χ3n) is 7.13. The van der Waals surface area contributed by atoms with Gasteiger partial charge in [-0.05, 0) is 72.5 Å². The van der Waals surface area contributed by atoms with Crippen LogP contribution in [0.25, 0.3) is 55.7 Å². The summed E-state index contributed by atoms with van der Waals surface area (Å²) in [7, 11) is 0. The Morgan fingerprint density at radius 2 is 1.44 bits per heavy atom. The summed E-state index contributed by atoms with van der Waals surface area (Å²) in [5.41, 5.74) is 10.2. The molecular formula is C33H24IrN5-. The molecule has 39 heavy (non-hydrogen) atoms. The summed E-state index contributed by atoms with van der Waals surface area (Å²) in [6.07, 6.45) is 11.4. The molecule has 1 radical (unpaired) electrons. The molecule has 0 amide bonds. The molecule has 0 aliphatic carbocycles. The molecule has 0 unspecified atom stereocenters. The first kappa shape index (κ1) is 24.9. The van der Waals surface area contributed by atoms with E-state index in [0.29, 0.717) is 0 Å². The van der Waals surface area contributed by atoms with Gasteiger partial charge in [0.2, 0.25) is 0 Å². The molecule has 0 saturated carbocycles. The summed E-state index contributed by atoms with van der Waals surface area (Å²) in [5, 5.41) is 2.20. The Kier molecular flexibility index (Phi) is 6.43. The molecule has 7 aromatic rings. The van der Waals surface area contributed by atoms with Crippen LogP contribution < -0.4 is 0 Å². The number of aromatic nitrogens is 5. The third-order valence-corrected chi connectivity index (χ3v) is 7.13. The van der Waals surface area contributed by atoms with Gasteiger partial charge in [-0.2, -0.15) is 0 Å². The fourth-order valence-electron chi connectivity index (χ4n) is 5.53. The Balaban J connectivity index is 0.00000277. The van der Waals surface area contributed by atoms with Gasteiger partial charge >= 0.3 is 0 Å². The normalized spacial score (nSPS) is 11.1. The molecule has 6 heteroatoms. The monoisotopic (exact) mass is 683 g/mol. The minimum absolute atomic E-state index is 0. The molecule has 0 bridgehead atoms. The fourth-order valence-corrected chi connectivity index (χ4v) is 5.53. The molecule has 0 fully saturated rings. The van der Waals surface area contributed by atoms with Crippen molar-refractivity contribution in [2.45, 2.75) is 13.8 Å². The first-order valence-electron chi connectivity index (χ1n) is 12.6. The second-order valence-electron chi connectivity index (χ2n) is 9.53. The van der Waals surface area contributed by atoms with Gasteiger partial charge in [0.1, 0.15) is 0 Å². The van der Waals surface area contributed by atoms with Crippen LogP contribution >= 0.6 is 0 Å². The smallest absolute Gasteiger partial charge is 0.0602 e. The Morgan fingerprint density at radius 1 is 0.718 bits per heavy atom. The molecule has 5 nitrogen and oxygen atoms in total. The quantitative estimate of drug-likeness (QED) is 0.181. The van der Waals surface area contributed by atoms with Gasteiger partial charge in [-0.1, -0.05) is 12.1 Å². The van der Waals surface area contributed by atoms with Gasteiger partial charge in [0.15, 0.2) is 0 Å². The summed E-state index contributed by atoms with van der Waals surface area (Å²) in [5.74, 6) is 0.891. The molecule has 3 aromatic carbocycles. The van der Waals surface area contributed by atoms with Crippen molar-refractivity contribution in [3.05, 3.63) is 127 Å². The van der Waals surface area contributed by atoms with Gasteiger partial charge in [-0.25, -0.2) is 0 Å². The Bertz CT molecular complexity index is 1880. The molecule has 7 rings (SSSR count). The van der Waals surface area contributed by atoms with Crippen LogP contribution in [0.4, 0.5) is 0 Å². The average Bonchev–Trinajstić information content (AvgIpc) is 3.56. The summed E-state index contributed by atoms with van der Waals surface area (Å²) in [4.78, 5) is 13.4. The minimum Gasteiger partial charge on any atom is -0.340 e. The fraction of sp³-hybridized carbons (Fsp3) is 0.0606. The number of benzene rings is 3. The van der Waals surface area contributed by atoms with Crippen LogP contribution in [-0.2, 0) is 20.1 Å². The van der Waals surface area contributed by atoms with Gasteiger partial charge < -0.3 is 9.13 Å². The SMILES string of the molecule is Cc1cc(-c2cccc(-n3c4ccncc4c4cnccc43)c2)cc(C)c1-n1ccnc1-c1[c-]cccc1.[Ir]. The van der Waals surface area contributed by atoms with Crippen LogP contribution in [0.15, 0.2) is 110 Å². The maximum atomic E-state index is 4.64. The van der Waals surface area contributed by atoms with Crippen LogP contribution in [0, 0.1) is 19.9 Å². The Labute approximate surface area is 240 Å². The van der Waals surface area contributed by atoms with E-state index < -0.39 is 0 Å². The van der Waals surface area contributed by atoms with Crippen LogP contribution in [0.3, 0.4) is 0 Å². The van der Waals surface area contributed by atoms with E-state index in [-0.39, 0.29) is 20.1 Å². The summed E-state index contributed by atoms with van der Waals surface area (Å²) in [6.45, 7) is 4.34. The molecule has 191 valence electrons. The van der Waals surface area contributed by atoms with Crippen LogP contribution in [0.1, 0.15) is 11.1 Å². The average molecular weight is 683 g/mol. The molecule has 4 aromatic heterocycles. The number of pyridine rings is 2. The number of imidazole rings is 1. The number of nitrogens with zero attached hydrogens (tertiary/aromatic N) is 5. The van der Waals surface area contributed by atoms with E-state index in [1.807, 2.05) is 61.4 Å². The Morgan fingerprint density at radius 3 is 2.10 bits per heavy atom. The first-order chi connectivity index (χ1) is 18.7. The topological polar surface area (TPSA) is 48.5 Å². The van der Waals surface area contributed by atoms with Crippen molar-refractivity contribution in [2.75, 3.05) is 0 Å². The van der Waals surface area contributed by atoms with E-state index >= 15 is 0 Å². The molecule has 0 aliphatic rings. The first-order valence-corrected chi connectivity index (χ1v) is 12.6. The van der Waals surface area contributed by atoms with E-state index in [4.69, 9.17) is 0 Å². The number of aryl methyl sites for hydroxylation is 2. The van der Waals surface area contributed by atoms with Crippen molar-refractivity contribution in [1.82, 2.24) is 24.1 Å². The van der Waals surface area contributed by atoms with E-state index in [9.17, 15) is 0 Å². The Hall–Kier alpha value is -4.38. The predicted octanol–water partition coefficient (Wildman–Crippen LogP) is 7.51. The standard InChI is InChI=1S/C33H24N5.Ir/c1-22-17-26(18-23(2)32(22)37-16-15-36-33(37)24-7-4-3-5-8-24)25-9-6-10-27(19-25)38-30-11-13-34-20-28(30)29-21-35-14-12-31(29)38;/h3-7,9-21H,1-2H3;/q-1;. The maximum Gasteiger partial charge on any atom is 0.0602 e. The van der Waals surface area contributed by atoms with Crippen molar-refractivity contribution in [1.29, 1.82) is 0 Å². The number of hydrogen-bond acceptors (Lipinski definition) is 3. The largest absolute Gasteiger partial charge is 0.340 e. The van der Waals surface area contributed by atoms with Crippen LogP contribution in [-0.4, -0.2) is 24.1 Å². The van der Waals surface area contributed by atoms with Gasteiger partial charge in [-0.3, -0.25) is 15.0 Å². The van der Waals surface area contributed by atoms with Crippen molar-refractivity contribution in [3.63, 3.8) is 0 Å². The van der Waals surface area contributed by atoms with E-state index in [0.717, 1.165) is 44.6 Å². The van der Waals surface area contributed by atoms with E-state index in [1.165, 1.54) is 22.3 Å². The zero-order valence-electron chi connectivity index (χ0n) is 21.5. The second-order valence-corrected chi connectivity index (χ2v) is 9.53. The number of rotatable bonds is 4. The summed E-state index contributed by atoms with van der Waals surface area (Å²) < 4.78 is 4.45. The minimum atomic E-state index is 0. The predicted molar refractivity (Wildman–Crippen MR) is 153 cm³/mol.